The molecule has 10 heteroatoms. The van der Waals surface area contributed by atoms with Crippen LogP contribution in [0.3, 0.4) is 0 Å². The second kappa shape index (κ2) is 9.34. The Bertz CT molecular complexity index is 1080. The number of nitro groups is 1. The third-order valence-corrected chi connectivity index (χ3v) is 7.48. The van der Waals surface area contributed by atoms with E-state index in [0.717, 1.165) is 18.9 Å². The molecule has 3 rings (SSSR count). The van der Waals surface area contributed by atoms with Crippen LogP contribution in [0.4, 0.5) is 11.4 Å². The SMILES string of the molecule is CCOc1cc(C(=O)Nc2ccc(S(=O)(=O)C3CCCC3)cc2)c([N+](=O)[O-])cc1OC. The van der Waals surface area contributed by atoms with Crippen molar-refractivity contribution in [2.45, 2.75) is 42.8 Å². The number of methoxy groups -OCH3 is 1. The first-order chi connectivity index (χ1) is 14.8. The highest BCUT2D eigenvalue weighted by molar-refractivity contribution is 7.92. The fraction of sp³-hybridized carbons (Fsp3) is 0.381. The molecule has 0 heterocycles. The standard InChI is InChI=1S/C21H24N2O7S/c1-3-30-20-12-17(18(23(25)26)13-19(20)29-2)21(24)22-14-8-10-16(11-9-14)31(27,28)15-6-4-5-7-15/h8-13,15H,3-7H2,1-2H3,(H,22,24). The minimum absolute atomic E-state index is 0.145. The number of carbonyl (C=O) groups is 1. The summed E-state index contributed by atoms with van der Waals surface area (Å²) in [5, 5.41) is 13.7. The van der Waals surface area contributed by atoms with Crippen molar-refractivity contribution in [1.29, 1.82) is 0 Å². The predicted molar refractivity (Wildman–Crippen MR) is 115 cm³/mol. The molecule has 0 unspecified atom stereocenters. The van der Waals surface area contributed by atoms with Crippen LogP contribution in [0.1, 0.15) is 43.0 Å². The van der Waals surface area contributed by atoms with Crippen molar-refractivity contribution in [2.75, 3.05) is 19.0 Å². The van der Waals surface area contributed by atoms with Gasteiger partial charge in [-0.2, -0.15) is 0 Å². The Hall–Kier alpha value is -3.14. The van der Waals surface area contributed by atoms with Crippen molar-refractivity contribution >= 4 is 27.1 Å². The number of nitrogens with one attached hydrogen (secondary N) is 1. The van der Waals surface area contributed by atoms with Crippen LogP contribution in [0.5, 0.6) is 11.5 Å². The summed E-state index contributed by atoms with van der Waals surface area (Å²) in [5.74, 6) is -0.368. The average molecular weight is 448 g/mol. The summed E-state index contributed by atoms with van der Waals surface area (Å²) in [5.41, 5.74) is -0.311. The lowest BCUT2D eigenvalue weighted by Crippen LogP contribution is -2.18. The van der Waals surface area contributed by atoms with Gasteiger partial charge in [-0.05, 0) is 44.0 Å². The number of ether oxygens (including phenoxy) is 2. The van der Waals surface area contributed by atoms with Crippen molar-refractivity contribution in [3.05, 3.63) is 52.1 Å². The van der Waals surface area contributed by atoms with Gasteiger partial charge in [0.05, 0.1) is 34.9 Å². The summed E-state index contributed by atoms with van der Waals surface area (Å²) >= 11 is 0. The van der Waals surface area contributed by atoms with Gasteiger partial charge >= 0.3 is 0 Å². The first-order valence-corrected chi connectivity index (χ1v) is 11.5. The van der Waals surface area contributed by atoms with E-state index in [2.05, 4.69) is 5.32 Å². The van der Waals surface area contributed by atoms with Gasteiger partial charge in [0.1, 0.15) is 5.56 Å². The van der Waals surface area contributed by atoms with E-state index in [-0.39, 0.29) is 33.8 Å². The topological polar surface area (TPSA) is 125 Å². The van der Waals surface area contributed by atoms with Crippen LogP contribution in [-0.4, -0.2) is 38.2 Å². The molecular formula is C21H24N2O7S. The molecule has 1 N–H and O–H groups in total. The van der Waals surface area contributed by atoms with E-state index in [1.54, 1.807) is 6.92 Å². The Kier molecular flexibility index (Phi) is 6.79. The number of carbonyl (C=O) groups excluding carboxylic acids is 1. The number of sulfone groups is 1. The molecule has 166 valence electrons. The molecule has 0 aliphatic heterocycles. The lowest BCUT2D eigenvalue weighted by molar-refractivity contribution is -0.385. The van der Waals surface area contributed by atoms with E-state index in [9.17, 15) is 23.3 Å². The number of hydrogen-bond donors (Lipinski definition) is 1. The molecule has 0 saturated heterocycles. The summed E-state index contributed by atoms with van der Waals surface area (Å²) in [6.45, 7) is 2.02. The molecule has 1 aliphatic rings. The molecule has 0 bridgehead atoms. The third kappa shape index (κ3) is 4.79. The number of hydrogen-bond acceptors (Lipinski definition) is 7. The highest BCUT2D eigenvalue weighted by Crippen LogP contribution is 2.35. The maximum atomic E-state index is 12.8. The Morgan fingerprint density at radius 1 is 1.16 bits per heavy atom. The molecular weight excluding hydrogens is 424 g/mol. The highest BCUT2D eigenvalue weighted by Gasteiger charge is 2.30. The molecule has 9 nitrogen and oxygen atoms in total. The van der Waals surface area contributed by atoms with Gasteiger partial charge in [-0.15, -0.1) is 0 Å². The minimum Gasteiger partial charge on any atom is -0.493 e. The normalized spacial score (nSPS) is 14.3. The van der Waals surface area contributed by atoms with Crippen molar-refractivity contribution in [3.63, 3.8) is 0 Å². The number of nitrogens with zero attached hydrogens (tertiary/aromatic N) is 1. The Morgan fingerprint density at radius 2 is 1.81 bits per heavy atom. The van der Waals surface area contributed by atoms with Crippen molar-refractivity contribution in [3.8, 4) is 11.5 Å². The second-order valence-corrected chi connectivity index (χ2v) is 9.37. The first kappa shape index (κ1) is 22.5. The fourth-order valence-electron chi connectivity index (χ4n) is 3.63. The molecule has 1 fully saturated rings. The van der Waals surface area contributed by atoms with Gasteiger partial charge in [-0.1, -0.05) is 12.8 Å². The molecule has 1 aliphatic carbocycles. The van der Waals surface area contributed by atoms with E-state index in [1.165, 1.54) is 37.4 Å². The molecule has 0 radical (unpaired) electrons. The monoisotopic (exact) mass is 448 g/mol. The maximum Gasteiger partial charge on any atom is 0.286 e. The lowest BCUT2D eigenvalue weighted by Gasteiger charge is -2.13. The molecule has 1 amide bonds. The molecule has 2 aromatic rings. The number of anilines is 1. The number of amides is 1. The zero-order valence-electron chi connectivity index (χ0n) is 17.3. The van der Waals surface area contributed by atoms with E-state index in [1.807, 2.05) is 0 Å². The Morgan fingerprint density at radius 3 is 2.35 bits per heavy atom. The summed E-state index contributed by atoms with van der Waals surface area (Å²) in [4.78, 5) is 23.7. The summed E-state index contributed by atoms with van der Waals surface area (Å²) in [6.07, 6.45) is 3.12. The van der Waals surface area contributed by atoms with Crippen molar-refractivity contribution in [2.24, 2.45) is 0 Å². The number of nitro benzene ring substituents is 1. The van der Waals surface area contributed by atoms with Crippen LogP contribution in [0.2, 0.25) is 0 Å². The van der Waals surface area contributed by atoms with Gasteiger partial charge in [0.25, 0.3) is 11.6 Å². The van der Waals surface area contributed by atoms with Gasteiger partial charge < -0.3 is 14.8 Å². The molecule has 2 aromatic carbocycles. The zero-order chi connectivity index (χ0) is 22.6. The smallest absolute Gasteiger partial charge is 0.286 e. The van der Waals surface area contributed by atoms with Crippen LogP contribution in [0.25, 0.3) is 0 Å². The number of benzene rings is 2. The summed E-state index contributed by atoms with van der Waals surface area (Å²) in [6, 6.07) is 8.22. The van der Waals surface area contributed by atoms with Gasteiger partial charge in [0.2, 0.25) is 0 Å². The zero-order valence-corrected chi connectivity index (χ0v) is 18.1. The van der Waals surface area contributed by atoms with Crippen molar-refractivity contribution in [1.82, 2.24) is 0 Å². The van der Waals surface area contributed by atoms with Crippen LogP contribution in [-0.2, 0) is 9.84 Å². The van der Waals surface area contributed by atoms with Gasteiger partial charge in [-0.25, -0.2) is 8.42 Å². The minimum atomic E-state index is -3.41. The van der Waals surface area contributed by atoms with E-state index in [4.69, 9.17) is 9.47 Å². The lowest BCUT2D eigenvalue weighted by atomic mass is 10.1. The molecule has 0 aromatic heterocycles. The van der Waals surface area contributed by atoms with Crippen molar-refractivity contribution < 1.29 is 27.6 Å². The average Bonchev–Trinajstić information content (AvgIpc) is 3.30. The summed E-state index contributed by atoms with van der Waals surface area (Å²) in [7, 11) is -2.06. The predicted octanol–water partition coefficient (Wildman–Crippen LogP) is 3.97. The van der Waals surface area contributed by atoms with Gasteiger partial charge in [-0.3, -0.25) is 14.9 Å². The van der Waals surface area contributed by atoms with Crippen LogP contribution in [0.15, 0.2) is 41.3 Å². The molecule has 0 spiro atoms. The van der Waals surface area contributed by atoms with Gasteiger partial charge in [0.15, 0.2) is 21.3 Å². The summed E-state index contributed by atoms with van der Waals surface area (Å²) < 4.78 is 35.9. The fourth-order valence-corrected chi connectivity index (χ4v) is 5.48. The van der Waals surface area contributed by atoms with Crippen LogP contribution >= 0.6 is 0 Å². The second-order valence-electron chi connectivity index (χ2n) is 7.14. The van der Waals surface area contributed by atoms with Crippen LogP contribution < -0.4 is 14.8 Å². The molecule has 0 atom stereocenters. The quantitative estimate of drug-likeness (QED) is 0.478. The first-order valence-electron chi connectivity index (χ1n) is 9.92. The maximum absolute atomic E-state index is 12.8. The molecule has 31 heavy (non-hydrogen) atoms. The number of rotatable bonds is 8. The van der Waals surface area contributed by atoms with E-state index in [0.29, 0.717) is 18.5 Å². The third-order valence-electron chi connectivity index (χ3n) is 5.20. The van der Waals surface area contributed by atoms with E-state index >= 15 is 0 Å². The largest absolute Gasteiger partial charge is 0.493 e. The highest BCUT2D eigenvalue weighted by atomic mass is 32.2. The van der Waals surface area contributed by atoms with E-state index < -0.39 is 26.4 Å². The molecule has 1 saturated carbocycles. The Balaban J connectivity index is 1.85. The van der Waals surface area contributed by atoms with Gasteiger partial charge in [0, 0.05) is 11.8 Å². The van der Waals surface area contributed by atoms with Crippen LogP contribution in [0, 0.1) is 10.1 Å². The Labute approximate surface area is 180 Å².